The van der Waals surface area contributed by atoms with Crippen LogP contribution in [0.25, 0.3) is 0 Å². The lowest BCUT2D eigenvalue weighted by Crippen LogP contribution is -2.53. The first-order chi connectivity index (χ1) is 8.85. The predicted octanol–water partition coefficient (Wildman–Crippen LogP) is 2.76. The van der Waals surface area contributed by atoms with Crippen molar-refractivity contribution in [3.8, 4) is 0 Å². The first kappa shape index (κ1) is 18.4. The van der Waals surface area contributed by atoms with Gasteiger partial charge in [-0.25, -0.2) is 0 Å². The average molecular weight is 273 g/mol. The molecular formula is C15H31NO3. The second-order valence-electron chi connectivity index (χ2n) is 5.84. The smallest absolute Gasteiger partial charge is 0.325 e. The van der Waals surface area contributed by atoms with Gasteiger partial charge in [-0.3, -0.25) is 10.1 Å². The number of hydrogen-bond donors (Lipinski definition) is 1. The molecule has 0 saturated heterocycles. The van der Waals surface area contributed by atoms with Crippen molar-refractivity contribution in [2.24, 2.45) is 5.92 Å². The molecule has 0 aromatic carbocycles. The Kier molecular flexibility index (Phi) is 9.02. The van der Waals surface area contributed by atoms with E-state index >= 15 is 0 Å². The first-order valence-electron chi connectivity index (χ1n) is 7.29. The summed E-state index contributed by atoms with van der Waals surface area (Å²) in [5.41, 5.74) is -0.670. The van der Waals surface area contributed by atoms with Gasteiger partial charge in [-0.1, -0.05) is 20.3 Å². The molecule has 0 radical (unpaired) electrons. The molecule has 0 aromatic heterocycles. The first-order valence-corrected chi connectivity index (χ1v) is 7.29. The van der Waals surface area contributed by atoms with Crippen LogP contribution in [0.5, 0.6) is 0 Å². The van der Waals surface area contributed by atoms with Crippen molar-refractivity contribution in [1.82, 2.24) is 5.32 Å². The number of hydrogen-bond acceptors (Lipinski definition) is 4. The third-order valence-corrected chi connectivity index (χ3v) is 3.17. The Labute approximate surface area is 118 Å². The summed E-state index contributed by atoms with van der Waals surface area (Å²) in [7, 11) is 1.42. The van der Waals surface area contributed by atoms with Gasteiger partial charge >= 0.3 is 5.97 Å². The molecule has 114 valence electrons. The number of methoxy groups -OCH3 is 1. The molecule has 0 heterocycles. The van der Waals surface area contributed by atoms with Gasteiger partial charge in [-0.2, -0.15) is 0 Å². The quantitative estimate of drug-likeness (QED) is 0.491. The van der Waals surface area contributed by atoms with Gasteiger partial charge in [-0.05, 0) is 39.5 Å². The monoisotopic (exact) mass is 273 g/mol. The highest BCUT2D eigenvalue weighted by atomic mass is 16.5. The fourth-order valence-electron chi connectivity index (χ4n) is 2.23. The van der Waals surface area contributed by atoms with Crippen LogP contribution >= 0.6 is 0 Å². The third kappa shape index (κ3) is 7.53. The maximum Gasteiger partial charge on any atom is 0.325 e. The number of carbonyl (C=O) groups excluding carboxylic acids is 1. The van der Waals surface area contributed by atoms with Gasteiger partial charge in [0.05, 0.1) is 7.11 Å². The molecule has 0 aliphatic rings. The number of rotatable bonds is 10. The fourth-order valence-corrected chi connectivity index (χ4v) is 2.23. The minimum Gasteiger partial charge on any atom is -0.468 e. The van der Waals surface area contributed by atoms with Crippen LogP contribution < -0.4 is 5.32 Å². The average Bonchev–Trinajstić information content (AvgIpc) is 2.33. The zero-order chi connectivity index (χ0) is 14.9. The van der Waals surface area contributed by atoms with E-state index in [4.69, 9.17) is 9.47 Å². The number of esters is 1. The molecule has 2 unspecified atom stereocenters. The minimum atomic E-state index is -0.670. The van der Waals surface area contributed by atoms with E-state index in [0.29, 0.717) is 18.9 Å². The maximum atomic E-state index is 11.9. The van der Waals surface area contributed by atoms with Gasteiger partial charge in [0.25, 0.3) is 0 Å². The van der Waals surface area contributed by atoms with E-state index in [9.17, 15) is 4.79 Å². The summed E-state index contributed by atoms with van der Waals surface area (Å²) in [6, 6.07) is 0.225. The van der Waals surface area contributed by atoms with Gasteiger partial charge < -0.3 is 9.47 Å². The molecule has 0 aliphatic heterocycles. The molecule has 0 aromatic rings. The summed E-state index contributed by atoms with van der Waals surface area (Å²) >= 11 is 0. The van der Waals surface area contributed by atoms with Crippen LogP contribution in [-0.4, -0.2) is 37.9 Å². The summed E-state index contributed by atoms with van der Waals surface area (Å²) in [4.78, 5) is 11.9. The van der Waals surface area contributed by atoms with Crippen LogP contribution in [-0.2, 0) is 14.3 Å². The number of carbonyl (C=O) groups is 1. The van der Waals surface area contributed by atoms with Crippen molar-refractivity contribution in [1.29, 1.82) is 0 Å². The lowest BCUT2D eigenvalue weighted by atomic mass is 9.97. The van der Waals surface area contributed by atoms with Crippen LogP contribution in [0.3, 0.4) is 0 Å². The van der Waals surface area contributed by atoms with E-state index in [1.54, 1.807) is 0 Å². The Bertz CT molecular complexity index is 256. The summed E-state index contributed by atoms with van der Waals surface area (Å²) in [6.45, 7) is 11.6. The van der Waals surface area contributed by atoms with Crippen LogP contribution in [0.4, 0.5) is 0 Å². The topological polar surface area (TPSA) is 47.6 Å². The Morgan fingerprint density at radius 1 is 1.32 bits per heavy atom. The summed E-state index contributed by atoms with van der Waals surface area (Å²) in [5.74, 6) is 0.346. The molecule has 0 bridgehead atoms. The zero-order valence-electron chi connectivity index (χ0n) is 13.4. The van der Waals surface area contributed by atoms with Crippen molar-refractivity contribution in [3.63, 3.8) is 0 Å². The highest BCUT2D eigenvalue weighted by Crippen LogP contribution is 2.14. The van der Waals surface area contributed by atoms with Gasteiger partial charge in [0.1, 0.15) is 5.54 Å². The molecule has 0 aliphatic carbocycles. The van der Waals surface area contributed by atoms with Crippen LogP contribution in [0.2, 0.25) is 0 Å². The van der Waals surface area contributed by atoms with Crippen LogP contribution in [0.15, 0.2) is 0 Å². The van der Waals surface area contributed by atoms with Gasteiger partial charge in [0.2, 0.25) is 0 Å². The van der Waals surface area contributed by atoms with Crippen molar-refractivity contribution >= 4 is 5.97 Å². The Morgan fingerprint density at radius 3 is 2.42 bits per heavy atom. The van der Waals surface area contributed by atoms with Crippen LogP contribution in [0.1, 0.15) is 53.9 Å². The summed E-state index contributed by atoms with van der Waals surface area (Å²) < 4.78 is 10.5. The molecule has 0 fully saturated rings. The molecular weight excluding hydrogens is 242 g/mol. The zero-order valence-corrected chi connectivity index (χ0v) is 13.4. The number of ether oxygens (including phenoxy) is 2. The molecule has 0 rings (SSSR count). The molecule has 2 atom stereocenters. The Balaban J connectivity index is 4.17. The maximum absolute atomic E-state index is 11.9. The molecule has 1 N–H and O–H groups in total. The standard InChI is InChI=1S/C15H31NO3/c1-7-8-13(4)11-19-10-9-15(5,14(17)18-6)16-12(2)3/h12-13,16H,7-11H2,1-6H3. The van der Waals surface area contributed by atoms with Crippen molar-refractivity contribution in [3.05, 3.63) is 0 Å². The SMILES string of the molecule is CCCC(C)COCCC(C)(NC(C)C)C(=O)OC. The summed E-state index contributed by atoms with van der Waals surface area (Å²) in [5, 5.41) is 3.27. The summed E-state index contributed by atoms with van der Waals surface area (Å²) in [6.07, 6.45) is 2.98. The fraction of sp³-hybridized carbons (Fsp3) is 0.933. The molecule has 4 nitrogen and oxygen atoms in total. The van der Waals surface area contributed by atoms with E-state index in [1.807, 2.05) is 20.8 Å². The molecule has 0 saturated carbocycles. The lowest BCUT2D eigenvalue weighted by molar-refractivity contribution is -0.149. The minimum absolute atomic E-state index is 0.225. The molecule has 0 amide bonds. The molecule has 19 heavy (non-hydrogen) atoms. The predicted molar refractivity (Wildman–Crippen MR) is 78.2 cm³/mol. The third-order valence-electron chi connectivity index (χ3n) is 3.17. The second kappa shape index (κ2) is 9.32. The van der Waals surface area contributed by atoms with E-state index in [-0.39, 0.29) is 12.0 Å². The van der Waals surface area contributed by atoms with E-state index in [1.165, 1.54) is 20.0 Å². The molecule has 4 heteroatoms. The molecule has 0 spiro atoms. The van der Waals surface area contributed by atoms with E-state index in [0.717, 1.165) is 6.61 Å². The highest BCUT2D eigenvalue weighted by molar-refractivity contribution is 5.80. The highest BCUT2D eigenvalue weighted by Gasteiger charge is 2.34. The van der Waals surface area contributed by atoms with Crippen molar-refractivity contribution < 1.29 is 14.3 Å². The van der Waals surface area contributed by atoms with Crippen LogP contribution in [0, 0.1) is 5.92 Å². The van der Waals surface area contributed by atoms with Gasteiger partial charge in [0, 0.05) is 19.3 Å². The Hall–Kier alpha value is -0.610. The van der Waals surface area contributed by atoms with Crippen molar-refractivity contribution in [2.75, 3.05) is 20.3 Å². The van der Waals surface area contributed by atoms with Gasteiger partial charge in [0.15, 0.2) is 0 Å². The second-order valence-corrected chi connectivity index (χ2v) is 5.84. The van der Waals surface area contributed by atoms with Gasteiger partial charge in [-0.15, -0.1) is 0 Å². The van der Waals surface area contributed by atoms with E-state index < -0.39 is 5.54 Å². The van der Waals surface area contributed by atoms with E-state index in [2.05, 4.69) is 19.2 Å². The lowest BCUT2D eigenvalue weighted by Gasteiger charge is -2.30. The number of nitrogens with one attached hydrogen (secondary N) is 1. The van der Waals surface area contributed by atoms with Crippen molar-refractivity contribution in [2.45, 2.75) is 65.5 Å². The Morgan fingerprint density at radius 2 is 1.95 bits per heavy atom. The largest absolute Gasteiger partial charge is 0.468 e. The normalized spacial score (nSPS) is 16.2.